The summed E-state index contributed by atoms with van der Waals surface area (Å²) in [5.41, 5.74) is 2.58. The second-order valence-corrected chi connectivity index (χ2v) is 3.14. The predicted molar refractivity (Wildman–Crippen MR) is 53.8 cm³/mol. The van der Waals surface area contributed by atoms with Gasteiger partial charge in [0, 0.05) is 20.3 Å². The minimum absolute atomic E-state index is 1.28. The zero-order valence-corrected chi connectivity index (χ0v) is 7.91. The van der Waals surface area contributed by atoms with Gasteiger partial charge in [-0.05, 0) is 18.1 Å². The summed E-state index contributed by atoms with van der Waals surface area (Å²) >= 11 is 0. The van der Waals surface area contributed by atoms with Crippen molar-refractivity contribution in [2.24, 2.45) is 0 Å². The molecule has 0 aliphatic rings. The molecule has 0 saturated carbocycles. The van der Waals surface area contributed by atoms with E-state index in [0.29, 0.717) is 0 Å². The van der Waals surface area contributed by atoms with Gasteiger partial charge in [-0.15, -0.1) is 0 Å². The van der Waals surface area contributed by atoms with E-state index in [-0.39, 0.29) is 0 Å². The monoisotopic (exact) mass is 161 g/mol. The zero-order valence-electron chi connectivity index (χ0n) is 7.91. The van der Waals surface area contributed by atoms with Gasteiger partial charge in [-0.3, -0.25) is 0 Å². The van der Waals surface area contributed by atoms with Crippen molar-refractivity contribution in [1.29, 1.82) is 0 Å². The summed E-state index contributed by atoms with van der Waals surface area (Å²) < 4.78 is 0. The van der Waals surface area contributed by atoms with Gasteiger partial charge in [-0.2, -0.15) is 0 Å². The summed E-state index contributed by atoms with van der Waals surface area (Å²) in [7, 11) is 4.07. The Bertz CT molecular complexity index is 260. The molecular formula is C11H15N. The van der Waals surface area contributed by atoms with E-state index in [1.807, 2.05) is 20.2 Å². The molecule has 0 saturated heterocycles. The van der Waals surface area contributed by atoms with Gasteiger partial charge in [0.2, 0.25) is 0 Å². The Kier molecular flexibility index (Phi) is 2.92. The molecule has 0 N–H and O–H groups in total. The molecule has 0 aliphatic carbocycles. The number of hydrogen-bond donors (Lipinski definition) is 0. The van der Waals surface area contributed by atoms with Crippen LogP contribution < -0.4 is 0 Å². The summed E-state index contributed by atoms with van der Waals surface area (Å²) in [5.74, 6) is 0. The maximum absolute atomic E-state index is 2.12. The number of rotatable bonds is 2. The fraction of sp³-hybridized carbons (Fsp3) is 0.273. The summed E-state index contributed by atoms with van der Waals surface area (Å²) in [4.78, 5) is 2.06. The maximum Gasteiger partial charge on any atom is 0.00557 e. The Balaban J connectivity index is 2.85. The molecule has 1 aromatic rings. The molecule has 0 radical (unpaired) electrons. The fourth-order valence-electron chi connectivity index (χ4n) is 1.16. The highest BCUT2D eigenvalue weighted by molar-refractivity contribution is 5.62. The minimum Gasteiger partial charge on any atom is -0.383 e. The van der Waals surface area contributed by atoms with Crippen molar-refractivity contribution >= 4 is 5.57 Å². The summed E-state index contributed by atoms with van der Waals surface area (Å²) in [6.45, 7) is 2.12. The minimum atomic E-state index is 1.28. The van der Waals surface area contributed by atoms with Gasteiger partial charge in [0.1, 0.15) is 0 Å². The van der Waals surface area contributed by atoms with E-state index in [0.717, 1.165) is 0 Å². The van der Waals surface area contributed by atoms with Crippen LogP contribution in [-0.4, -0.2) is 19.0 Å². The molecule has 0 bridgehead atoms. The average Bonchev–Trinajstić information content (AvgIpc) is 2.05. The molecule has 1 aromatic carbocycles. The number of benzene rings is 1. The highest BCUT2D eigenvalue weighted by atomic mass is 15.0. The normalized spacial score (nSPS) is 11.4. The van der Waals surface area contributed by atoms with Crippen LogP contribution in [-0.2, 0) is 0 Å². The third kappa shape index (κ3) is 2.42. The van der Waals surface area contributed by atoms with E-state index in [9.17, 15) is 0 Å². The van der Waals surface area contributed by atoms with E-state index >= 15 is 0 Å². The molecule has 0 aliphatic heterocycles. The molecule has 0 spiro atoms. The maximum atomic E-state index is 2.12. The van der Waals surface area contributed by atoms with Crippen LogP contribution in [0.4, 0.5) is 0 Å². The van der Waals surface area contributed by atoms with E-state index in [4.69, 9.17) is 0 Å². The van der Waals surface area contributed by atoms with Crippen LogP contribution in [0.2, 0.25) is 0 Å². The molecule has 1 rings (SSSR count). The van der Waals surface area contributed by atoms with Gasteiger partial charge < -0.3 is 4.90 Å². The first-order valence-electron chi connectivity index (χ1n) is 4.10. The van der Waals surface area contributed by atoms with E-state index in [2.05, 4.69) is 42.3 Å². The SMILES string of the molecule is CC(=CN(C)C)c1ccccc1. The zero-order chi connectivity index (χ0) is 8.97. The first-order valence-corrected chi connectivity index (χ1v) is 4.10. The number of hydrogen-bond acceptors (Lipinski definition) is 1. The quantitative estimate of drug-likeness (QED) is 0.644. The topological polar surface area (TPSA) is 3.24 Å². The average molecular weight is 161 g/mol. The second-order valence-electron chi connectivity index (χ2n) is 3.14. The Morgan fingerprint density at radius 2 is 1.75 bits per heavy atom. The first-order chi connectivity index (χ1) is 5.70. The Morgan fingerprint density at radius 3 is 2.25 bits per heavy atom. The van der Waals surface area contributed by atoms with Crippen molar-refractivity contribution in [2.45, 2.75) is 6.92 Å². The summed E-state index contributed by atoms with van der Waals surface area (Å²) in [6, 6.07) is 10.4. The lowest BCUT2D eigenvalue weighted by Gasteiger charge is -2.07. The Labute approximate surface area is 74.3 Å². The molecule has 0 unspecified atom stereocenters. The van der Waals surface area contributed by atoms with Crippen LogP contribution in [0.1, 0.15) is 12.5 Å². The smallest absolute Gasteiger partial charge is 0.00557 e. The van der Waals surface area contributed by atoms with Gasteiger partial charge in [-0.1, -0.05) is 30.3 Å². The molecule has 0 aromatic heterocycles. The van der Waals surface area contributed by atoms with Crippen LogP contribution in [0.3, 0.4) is 0 Å². The highest BCUT2D eigenvalue weighted by Crippen LogP contribution is 2.12. The predicted octanol–water partition coefficient (Wildman–Crippen LogP) is 2.61. The fourth-order valence-corrected chi connectivity index (χ4v) is 1.16. The molecule has 0 fully saturated rings. The lowest BCUT2D eigenvalue weighted by atomic mass is 10.1. The second kappa shape index (κ2) is 3.96. The molecule has 0 heterocycles. The number of allylic oxidation sites excluding steroid dienone is 1. The van der Waals surface area contributed by atoms with Crippen LogP contribution in [0, 0.1) is 0 Å². The van der Waals surface area contributed by atoms with Gasteiger partial charge in [0.05, 0.1) is 0 Å². The molecule has 1 nitrogen and oxygen atoms in total. The van der Waals surface area contributed by atoms with Gasteiger partial charge in [0.15, 0.2) is 0 Å². The third-order valence-electron chi connectivity index (χ3n) is 1.68. The van der Waals surface area contributed by atoms with Crippen LogP contribution >= 0.6 is 0 Å². The van der Waals surface area contributed by atoms with Crippen LogP contribution in [0.25, 0.3) is 5.57 Å². The van der Waals surface area contributed by atoms with Gasteiger partial charge in [0.25, 0.3) is 0 Å². The lowest BCUT2D eigenvalue weighted by Crippen LogP contribution is -2.01. The van der Waals surface area contributed by atoms with Crippen molar-refractivity contribution in [3.8, 4) is 0 Å². The Morgan fingerprint density at radius 1 is 1.17 bits per heavy atom. The van der Waals surface area contributed by atoms with E-state index in [1.54, 1.807) is 0 Å². The highest BCUT2D eigenvalue weighted by Gasteiger charge is 1.92. The van der Waals surface area contributed by atoms with Gasteiger partial charge >= 0.3 is 0 Å². The van der Waals surface area contributed by atoms with Crippen molar-refractivity contribution in [1.82, 2.24) is 4.90 Å². The lowest BCUT2D eigenvalue weighted by molar-refractivity contribution is 0.565. The molecular weight excluding hydrogens is 146 g/mol. The van der Waals surface area contributed by atoms with Crippen molar-refractivity contribution in [3.05, 3.63) is 42.1 Å². The largest absolute Gasteiger partial charge is 0.383 e. The third-order valence-corrected chi connectivity index (χ3v) is 1.68. The van der Waals surface area contributed by atoms with Crippen molar-refractivity contribution in [2.75, 3.05) is 14.1 Å². The molecule has 64 valence electrons. The standard InChI is InChI=1S/C11H15N/c1-10(9-12(2)3)11-7-5-4-6-8-11/h4-9H,1-3H3. The van der Waals surface area contributed by atoms with Crippen molar-refractivity contribution in [3.63, 3.8) is 0 Å². The van der Waals surface area contributed by atoms with Crippen molar-refractivity contribution < 1.29 is 0 Å². The van der Waals surface area contributed by atoms with Crippen LogP contribution in [0.5, 0.6) is 0 Å². The molecule has 0 amide bonds. The molecule has 12 heavy (non-hydrogen) atoms. The molecule has 1 heteroatoms. The van der Waals surface area contributed by atoms with Crippen LogP contribution in [0.15, 0.2) is 36.5 Å². The summed E-state index contributed by atoms with van der Waals surface area (Å²) in [5, 5.41) is 0. The Hall–Kier alpha value is -1.24. The molecule has 0 atom stereocenters. The summed E-state index contributed by atoms with van der Waals surface area (Å²) in [6.07, 6.45) is 2.12. The van der Waals surface area contributed by atoms with Gasteiger partial charge in [-0.25, -0.2) is 0 Å². The van der Waals surface area contributed by atoms with E-state index in [1.165, 1.54) is 11.1 Å². The number of nitrogens with zero attached hydrogens (tertiary/aromatic N) is 1. The first kappa shape index (κ1) is 8.85. The van der Waals surface area contributed by atoms with E-state index < -0.39 is 0 Å².